The molecule has 0 radical (unpaired) electrons. The van der Waals surface area contributed by atoms with Crippen LogP contribution in [0, 0.1) is 23.2 Å². The molecule has 1 unspecified atom stereocenters. The minimum atomic E-state index is 0.225. The lowest BCUT2D eigenvalue weighted by Gasteiger charge is -2.43. The Hall–Kier alpha value is -0.870. The summed E-state index contributed by atoms with van der Waals surface area (Å²) < 4.78 is 6.06. The Morgan fingerprint density at radius 1 is 1.17 bits per heavy atom. The molecule has 1 saturated carbocycles. The Labute approximate surface area is 146 Å². The van der Waals surface area contributed by atoms with Gasteiger partial charge in [0.2, 0.25) is 5.91 Å². The number of piperidine rings is 1. The summed E-state index contributed by atoms with van der Waals surface area (Å²) in [7, 11) is 2.24. The summed E-state index contributed by atoms with van der Waals surface area (Å²) in [5, 5.41) is 0. The average Bonchev–Trinajstić information content (AvgIpc) is 3.14. The molecule has 1 spiro atoms. The van der Waals surface area contributed by atoms with Gasteiger partial charge in [-0.05, 0) is 56.9 Å². The fourth-order valence-corrected chi connectivity index (χ4v) is 5.01. The maximum absolute atomic E-state index is 12.7. The third-order valence-electron chi connectivity index (χ3n) is 6.78. The van der Waals surface area contributed by atoms with Gasteiger partial charge in [0.15, 0.2) is 0 Å². The van der Waals surface area contributed by atoms with E-state index in [-0.39, 0.29) is 5.92 Å². The zero-order valence-electron chi connectivity index (χ0n) is 15.1. The molecular formula is C20H32N2O2. The molecule has 3 fully saturated rings. The van der Waals surface area contributed by atoms with Crippen molar-refractivity contribution in [1.29, 1.82) is 0 Å². The maximum Gasteiger partial charge on any atom is 0.226 e. The second-order valence-electron chi connectivity index (χ2n) is 8.70. The lowest BCUT2D eigenvalue weighted by atomic mass is 9.71. The van der Waals surface area contributed by atoms with Gasteiger partial charge in [0.1, 0.15) is 0 Å². The number of hydrogen-bond donors (Lipinski definition) is 0. The van der Waals surface area contributed by atoms with E-state index in [1.165, 1.54) is 19.4 Å². The van der Waals surface area contributed by atoms with E-state index in [0.717, 1.165) is 64.4 Å². The molecule has 24 heavy (non-hydrogen) atoms. The predicted molar refractivity (Wildman–Crippen MR) is 94.6 cm³/mol. The molecule has 4 rings (SSSR count). The summed E-state index contributed by atoms with van der Waals surface area (Å²) in [6, 6.07) is 0. The Kier molecular flexibility index (Phi) is 4.70. The molecule has 0 aromatic rings. The normalized spacial score (nSPS) is 30.5. The molecule has 0 aromatic carbocycles. The summed E-state index contributed by atoms with van der Waals surface area (Å²) in [6.45, 7) is 6.12. The molecular weight excluding hydrogens is 300 g/mol. The van der Waals surface area contributed by atoms with Gasteiger partial charge in [0.25, 0.3) is 0 Å². The summed E-state index contributed by atoms with van der Waals surface area (Å²) >= 11 is 0. The quantitative estimate of drug-likeness (QED) is 0.726. The number of likely N-dealkylation sites (tertiary alicyclic amines) is 2. The molecule has 4 nitrogen and oxygen atoms in total. The van der Waals surface area contributed by atoms with Crippen LogP contribution in [-0.2, 0) is 9.53 Å². The van der Waals surface area contributed by atoms with E-state index in [0.29, 0.717) is 17.2 Å². The zero-order valence-corrected chi connectivity index (χ0v) is 15.1. The molecule has 0 bridgehead atoms. The molecule has 2 aliphatic carbocycles. The van der Waals surface area contributed by atoms with Crippen LogP contribution in [0.25, 0.3) is 0 Å². The Morgan fingerprint density at radius 2 is 1.88 bits per heavy atom. The van der Waals surface area contributed by atoms with Crippen molar-refractivity contribution < 1.29 is 9.53 Å². The first-order valence-electron chi connectivity index (χ1n) is 9.86. The molecule has 2 aliphatic heterocycles. The number of hydrogen-bond acceptors (Lipinski definition) is 3. The smallest absolute Gasteiger partial charge is 0.226 e. The average molecular weight is 332 g/mol. The molecule has 1 atom stereocenters. The van der Waals surface area contributed by atoms with Gasteiger partial charge in [0, 0.05) is 44.6 Å². The molecule has 2 saturated heterocycles. The van der Waals surface area contributed by atoms with Crippen molar-refractivity contribution in [3.63, 3.8) is 0 Å². The van der Waals surface area contributed by atoms with Gasteiger partial charge in [0.05, 0.1) is 6.61 Å². The number of carbonyl (C=O) groups is 1. The van der Waals surface area contributed by atoms with E-state index in [1.54, 1.807) is 0 Å². The Morgan fingerprint density at radius 3 is 2.54 bits per heavy atom. The van der Waals surface area contributed by atoms with Crippen LogP contribution < -0.4 is 0 Å². The third kappa shape index (κ3) is 3.41. The molecule has 4 aliphatic rings. The minimum Gasteiger partial charge on any atom is -0.381 e. The van der Waals surface area contributed by atoms with Crippen LogP contribution >= 0.6 is 0 Å². The molecule has 0 aromatic heterocycles. The van der Waals surface area contributed by atoms with Gasteiger partial charge in [-0.15, -0.1) is 0 Å². The number of amides is 1. The van der Waals surface area contributed by atoms with E-state index < -0.39 is 0 Å². The highest BCUT2D eigenvalue weighted by molar-refractivity contribution is 5.79. The summed E-state index contributed by atoms with van der Waals surface area (Å²) in [6.07, 6.45) is 11.2. The second-order valence-corrected chi connectivity index (χ2v) is 8.70. The zero-order chi connectivity index (χ0) is 16.6. The lowest BCUT2D eigenvalue weighted by molar-refractivity contribution is -0.138. The van der Waals surface area contributed by atoms with Gasteiger partial charge in [-0.2, -0.15) is 0 Å². The van der Waals surface area contributed by atoms with Crippen molar-refractivity contribution in [3.8, 4) is 0 Å². The van der Waals surface area contributed by atoms with Crippen LogP contribution in [0.15, 0.2) is 12.2 Å². The highest BCUT2D eigenvalue weighted by Gasteiger charge is 2.47. The summed E-state index contributed by atoms with van der Waals surface area (Å²) in [5.41, 5.74) is 0.378. The first kappa shape index (κ1) is 16.6. The van der Waals surface area contributed by atoms with E-state index >= 15 is 0 Å². The number of rotatable bonds is 5. The van der Waals surface area contributed by atoms with Crippen LogP contribution in [0.5, 0.6) is 0 Å². The molecule has 134 valence electrons. The van der Waals surface area contributed by atoms with E-state index in [1.807, 2.05) is 0 Å². The Bertz CT molecular complexity index is 484. The second kappa shape index (κ2) is 6.80. The minimum absolute atomic E-state index is 0.225. The number of ether oxygens (including phenoxy) is 1. The Balaban J connectivity index is 1.32. The topological polar surface area (TPSA) is 32.8 Å². The van der Waals surface area contributed by atoms with Crippen molar-refractivity contribution in [2.24, 2.45) is 23.2 Å². The fourth-order valence-electron chi connectivity index (χ4n) is 5.01. The van der Waals surface area contributed by atoms with Crippen molar-refractivity contribution in [2.45, 2.75) is 38.5 Å². The van der Waals surface area contributed by atoms with Gasteiger partial charge < -0.3 is 14.5 Å². The number of nitrogens with zero attached hydrogens (tertiary/aromatic N) is 2. The van der Waals surface area contributed by atoms with E-state index in [4.69, 9.17) is 4.74 Å². The van der Waals surface area contributed by atoms with Crippen LogP contribution in [0.4, 0.5) is 0 Å². The van der Waals surface area contributed by atoms with Crippen molar-refractivity contribution >= 4 is 5.91 Å². The van der Waals surface area contributed by atoms with Gasteiger partial charge in [-0.1, -0.05) is 12.2 Å². The van der Waals surface area contributed by atoms with Crippen molar-refractivity contribution in [3.05, 3.63) is 12.2 Å². The SMILES string of the molecule is CN1CC(COCC2CC2)C2(CCN(C(=O)C3CC=CC3)CC2)C1. The van der Waals surface area contributed by atoms with Crippen molar-refractivity contribution in [1.82, 2.24) is 9.80 Å². The van der Waals surface area contributed by atoms with Crippen molar-refractivity contribution in [2.75, 3.05) is 46.4 Å². The van der Waals surface area contributed by atoms with Gasteiger partial charge >= 0.3 is 0 Å². The lowest BCUT2D eigenvalue weighted by Crippen LogP contribution is -2.48. The fraction of sp³-hybridized carbons (Fsp3) is 0.850. The first-order valence-corrected chi connectivity index (χ1v) is 9.86. The largest absolute Gasteiger partial charge is 0.381 e. The first-order chi connectivity index (χ1) is 11.7. The highest BCUT2D eigenvalue weighted by Crippen LogP contribution is 2.45. The van der Waals surface area contributed by atoms with Crippen LogP contribution in [-0.4, -0.2) is 62.1 Å². The van der Waals surface area contributed by atoms with Gasteiger partial charge in [-0.3, -0.25) is 4.79 Å². The van der Waals surface area contributed by atoms with Crippen LogP contribution in [0.2, 0.25) is 0 Å². The van der Waals surface area contributed by atoms with E-state index in [2.05, 4.69) is 29.0 Å². The highest BCUT2D eigenvalue weighted by atomic mass is 16.5. The van der Waals surface area contributed by atoms with Crippen LogP contribution in [0.1, 0.15) is 38.5 Å². The number of allylic oxidation sites excluding steroid dienone is 2. The predicted octanol–water partition coefficient (Wildman–Crippen LogP) is 2.55. The molecule has 0 N–H and O–H groups in total. The molecule has 2 heterocycles. The monoisotopic (exact) mass is 332 g/mol. The number of carbonyl (C=O) groups excluding carboxylic acids is 1. The molecule has 1 amide bonds. The summed E-state index contributed by atoms with van der Waals surface area (Å²) in [5.74, 6) is 2.11. The summed E-state index contributed by atoms with van der Waals surface area (Å²) in [4.78, 5) is 17.3. The van der Waals surface area contributed by atoms with Crippen LogP contribution in [0.3, 0.4) is 0 Å². The molecule has 4 heteroatoms. The standard InChI is InChI=1S/C20H32N2O2/c1-21-12-18(14-24-13-16-6-7-16)20(15-21)8-10-22(11-9-20)19(23)17-4-2-3-5-17/h2-3,16-18H,4-15H2,1H3. The maximum atomic E-state index is 12.7. The van der Waals surface area contributed by atoms with Gasteiger partial charge in [-0.25, -0.2) is 0 Å². The third-order valence-corrected chi connectivity index (χ3v) is 6.78. The van der Waals surface area contributed by atoms with E-state index in [9.17, 15) is 4.79 Å².